The number of hydrogen-bond donors (Lipinski definition) is 1. The van der Waals surface area contributed by atoms with Crippen molar-refractivity contribution in [3.63, 3.8) is 0 Å². The van der Waals surface area contributed by atoms with Gasteiger partial charge in [0.25, 0.3) is 5.91 Å². The molecular formula is C18H18N2O4. The van der Waals surface area contributed by atoms with E-state index in [1.807, 2.05) is 30.3 Å². The lowest BCUT2D eigenvalue weighted by Crippen LogP contribution is -2.24. The topological polar surface area (TPSA) is 77.0 Å². The molecule has 0 spiro atoms. The molecule has 1 N–H and O–H groups in total. The molecule has 0 aliphatic carbocycles. The van der Waals surface area contributed by atoms with Crippen molar-refractivity contribution in [3.8, 4) is 5.75 Å². The molecule has 2 aromatic rings. The molecule has 0 radical (unpaired) electrons. The fourth-order valence-electron chi connectivity index (χ4n) is 1.80. The molecule has 24 heavy (non-hydrogen) atoms. The Morgan fingerprint density at radius 3 is 2.46 bits per heavy atom. The Morgan fingerprint density at radius 1 is 1.08 bits per heavy atom. The van der Waals surface area contributed by atoms with Gasteiger partial charge in [0.1, 0.15) is 5.75 Å². The van der Waals surface area contributed by atoms with Crippen LogP contribution in [0, 0.1) is 0 Å². The van der Waals surface area contributed by atoms with Crippen LogP contribution in [0.2, 0.25) is 0 Å². The summed E-state index contributed by atoms with van der Waals surface area (Å²) in [6.45, 7) is 1.89. The van der Waals surface area contributed by atoms with E-state index in [0.29, 0.717) is 17.9 Å². The third kappa shape index (κ3) is 5.57. The summed E-state index contributed by atoms with van der Waals surface area (Å²) in [4.78, 5) is 23.2. The largest absolute Gasteiger partial charge is 0.484 e. The number of esters is 1. The molecule has 0 saturated carbocycles. The highest BCUT2D eigenvalue weighted by atomic mass is 16.5. The number of carbonyl (C=O) groups is 2. The molecule has 2 rings (SSSR count). The molecule has 0 unspecified atom stereocenters. The predicted octanol–water partition coefficient (Wildman–Crippen LogP) is 2.39. The van der Waals surface area contributed by atoms with Gasteiger partial charge in [-0.2, -0.15) is 5.10 Å². The summed E-state index contributed by atoms with van der Waals surface area (Å²) in [6.07, 6.45) is 1.55. The normalized spacial score (nSPS) is 10.4. The number of carbonyl (C=O) groups excluding carboxylic acids is 2. The molecule has 2 aromatic carbocycles. The summed E-state index contributed by atoms with van der Waals surface area (Å²) in [7, 11) is 0. The highest BCUT2D eigenvalue weighted by Crippen LogP contribution is 2.12. The quantitative estimate of drug-likeness (QED) is 0.481. The van der Waals surface area contributed by atoms with Crippen molar-refractivity contribution in [2.45, 2.75) is 6.92 Å². The van der Waals surface area contributed by atoms with Gasteiger partial charge in [-0.15, -0.1) is 0 Å². The second kappa shape index (κ2) is 9.09. The number of nitrogens with one attached hydrogen (secondary N) is 1. The van der Waals surface area contributed by atoms with E-state index in [4.69, 9.17) is 9.47 Å². The molecule has 0 aliphatic heterocycles. The number of benzene rings is 2. The molecule has 0 aliphatic rings. The van der Waals surface area contributed by atoms with Crippen molar-refractivity contribution in [2.24, 2.45) is 5.10 Å². The zero-order valence-electron chi connectivity index (χ0n) is 13.3. The van der Waals surface area contributed by atoms with Gasteiger partial charge in [0.15, 0.2) is 6.61 Å². The van der Waals surface area contributed by atoms with Crippen LogP contribution < -0.4 is 10.2 Å². The minimum Gasteiger partial charge on any atom is -0.484 e. The Morgan fingerprint density at radius 2 is 1.79 bits per heavy atom. The van der Waals surface area contributed by atoms with Crippen molar-refractivity contribution in [3.05, 3.63) is 65.7 Å². The summed E-state index contributed by atoms with van der Waals surface area (Å²) in [6, 6.07) is 15.8. The van der Waals surface area contributed by atoms with Gasteiger partial charge in [-0.25, -0.2) is 10.2 Å². The number of ether oxygens (including phenoxy) is 2. The molecule has 0 fully saturated rings. The van der Waals surface area contributed by atoms with Crippen LogP contribution in [0.15, 0.2) is 59.7 Å². The Bertz CT molecular complexity index is 697. The van der Waals surface area contributed by atoms with E-state index in [0.717, 1.165) is 5.56 Å². The monoisotopic (exact) mass is 326 g/mol. The van der Waals surface area contributed by atoms with Gasteiger partial charge in [-0.05, 0) is 36.8 Å². The van der Waals surface area contributed by atoms with Gasteiger partial charge in [0.05, 0.1) is 18.4 Å². The molecule has 0 atom stereocenters. The smallest absolute Gasteiger partial charge is 0.338 e. The first-order chi connectivity index (χ1) is 11.7. The van der Waals surface area contributed by atoms with Gasteiger partial charge < -0.3 is 9.47 Å². The number of hydrogen-bond acceptors (Lipinski definition) is 5. The van der Waals surface area contributed by atoms with Crippen LogP contribution in [0.4, 0.5) is 0 Å². The zero-order valence-corrected chi connectivity index (χ0v) is 13.3. The second-order valence-corrected chi connectivity index (χ2v) is 4.74. The van der Waals surface area contributed by atoms with Crippen LogP contribution in [0.3, 0.4) is 0 Å². The van der Waals surface area contributed by atoms with Gasteiger partial charge in [-0.1, -0.05) is 30.3 Å². The number of rotatable bonds is 7. The van der Waals surface area contributed by atoms with E-state index in [1.165, 1.54) is 0 Å². The van der Waals surface area contributed by atoms with Crippen molar-refractivity contribution < 1.29 is 19.1 Å². The Labute approximate surface area is 140 Å². The van der Waals surface area contributed by atoms with E-state index in [2.05, 4.69) is 10.5 Å². The molecule has 0 saturated heterocycles. The molecule has 0 aromatic heterocycles. The standard InChI is InChI=1S/C18H18N2O4/c1-2-23-18(22)15-8-10-16(11-9-15)24-13-17(21)20-19-12-14-6-4-3-5-7-14/h3-12H,2,13H2,1H3,(H,20,21)/b19-12+. The average Bonchev–Trinajstić information content (AvgIpc) is 2.61. The Hall–Kier alpha value is -3.15. The number of hydrazone groups is 1. The van der Waals surface area contributed by atoms with Crippen molar-refractivity contribution >= 4 is 18.1 Å². The number of amides is 1. The molecule has 6 nitrogen and oxygen atoms in total. The fourth-order valence-corrected chi connectivity index (χ4v) is 1.80. The molecule has 0 bridgehead atoms. The average molecular weight is 326 g/mol. The third-order valence-corrected chi connectivity index (χ3v) is 2.94. The minimum absolute atomic E-state index is 0.176. The van der Waals surface area contributed by atoms with E-state index < -0.39 is 5.97 Å². The van der Waals surface area contributed by atoms with Gasteiger partial charge >= 0.3 is 5.97 Å². The van der Waals surface area contributed by atoms with Crippen molar-refractivity contribution in [1.82, 2.24) is 5.43 Å². The van der Waals surface area contributed by atoms with E-state index in [-0.39, 0.29) is 12.5 Å². The van der Waals surface area contributed by atoms with E-state index in [1.54, 1.807) is 37.4 Å². The van der Waals surface area contributed by atoms with E-state index in [9.17, 15) is 9.59 Å². The van der Waals surface area contributed by atoms with Crippen LogP contribution >= 0.6 is 0 Å². The van der Waals surface area contributed by atoms with Gasteiger partial charge in [0.2, 0.25) is 0 Å². The molecular weight excluding hydrogens is 308 g/mol. The van der Waals surface area contributed by atoms with Crippen LogP contribution in [-0.2, 0) is 9.53 Å². The molecule has 1 amide bonds. The predicted molar refractivity (Wildman–Crippen MR) is 90.1 cm³/mol. The summed E-state index contributed by atoms with van der Waals surface area (Å²) in [5.41, 5.74) is 3.69. The molecule has 0 heterocycles. The van der Waals surface area contributed by atoms with Crippen LogP contribution in [-0.4, -0.2) is 31.3 Å². The lowest BCUT2D eigenvalue weighted by Gasteiger charge is -2.06. The summed E-state index contributed by atoms with van der Waals surface area (Å²) in [5, 5.41) is 3.85. The van der Waals surface area contributed by atoms with Crippen molar-refractivity contribution in [2.75, 3.05) is 13.2 Å². The third-order valence-electron chi connectivity index (χ3n) is 2.94. The lowest BCUT2D eigenvalue weighted by atomic mass is 10.2. The SMILES string of the molecule is CCOC(=O)c1ccc(OCC(=O)N/N=C/c2ccccc2)cc1. The maximum absolute atomic E-state index is 11.6. The van der Waals surface area contributed by atoms with Crippen LogP contribution in [0.1, 0.15) is 22.8 Å². The fraction of sp³-hybridized carbons (Fsp3) is 0.167. The maximum atomic E-state index is 11.6. The van der Waals surface area contributed by atoms with Gasteiger partial charge in [0, 0.05) is 0 Å². The summed E-state index contributed by atoms with van der Waals surface area (Å²) in [5.74, 6) is -0.293. The second-order valence-electron chi connectivity index (χ2n) is 4.74. The van der Waals surface area contributed by atoms with Gasteiger partial charge in [-0.3, -0.25) is 4.79 Å². The molecule has 6 heteroatoms. The highest BCUT2D eigenvalue weighted by Gasteiger charge is 2.06. The first kappa shape index (κ1) is 17.2. The summed E-state index contributed by atoms with van der Waals surface area (Å²) < 4.78 is 10.2. The maximum Gasteiger partial charge on any atom is 0.338 e. The number of nitrogens with zero attached hydrogens (tertiary/aromatic N) is 1. The Kier molecular flexibility index (Phi) is 6.52. The lowest BCUT2D eigenvalue weighted by molar-refractivity contribution is -0.123. The van der Waals surface area contributed by atoms with E-state index >= 15 is 0 Å². The first-order valence-corrected chi connectivity index (χ1v) is 7.46. The Balaban J connectivity index is 1.77. The first-order valence-electron chi connectivity index (χ1n) is 7.46. The van der Waals surface area contributed by atoms with Crippen LogP contribution in [0.25, 0.3) is 0 Å². The van der Waals surface area contributed by atoms with Crippen molar-refractivity contribution in [1.29, 1.82) is 0 Å². The minimum atomic E-state index is -0.392. The zero-order chi connectivity index (χ0) is 17.2. The summed E-state index contributed by atoms with van der Waals surface area (Å²) >= 11 is 0. The molecule has 124 valence electrons. The highest BCUT2D eigenvalue weighted by molar-refractivity contribution is 5.89. The van der Waals surface area contributed by atoms with Crippen LogP contribution in [0.5, 0.6) is 5.75 Å².